The number of amides is 2. The minimum Gasteiger partial charge on any atom is -0.481 e. The highest BCUT2D eigenvalue weighted by Gasteiger charge is 2.34. The van der Waals surface area contributed by atoms with Crippen LogP contribution in [-0.2, 0) is 19.1 Å². The summed E-state index contributed by atoms with van der Waals surface area (Å²) in [5.41, 5.74) is 0. The van der Waals surface area contributed by atoms with Crippen molar-refractivity contribution in [3.05, 3.63) is 0 Å². The molecule has 2 atom stereocenters. The molecule has 120 valence electrons. The molecule has 1 fully saturated rings. The molecule has 1 saturated heterocycles. The highest BCUT2D eigenvalue weighted by molar-refractivity contribution is 5.84. The van der Waals surface area contributed by atoms with Gasteiger partial charge in [0.1, 0.15) is 0 Å². The lowest BCUT2D eigenvalue weighted by molar-refractivity contribution is -0.151. The van der Waals surface area contributed by atoms with E-state index in [1.807, 2.05) is 0 Å². The first-order chi connectivity index (χ1) is 9.95. The first-order valence-corrected chi connectivity index (χ1v) is 6.90. The number of aliphatic carboxylic acids is 1. The second-order valence-electron chi connectivity index (χ2n) is 4.94. The Morgan fingerprint density at radius 1 is 1.48 bits per heavy atom. The van der Waals surface area contributed by atoms with Gasteiger partial charge in [-0.1, -0.05) is 0 Å². The zero-order valence-electron chi connectivity index (χ0n) is 12.3. The molecule has 0 aliphatic carbocycles. The number of carboxylic acid groups (broad SMARTS) is 1. The molecule has 0 saturated carbocycles. The van der Waals surface area contributed by atoms with Gasteiger partial charge in [-0.3, -0.25) is 4.79 Å². The van der Waals surface area contributed by atoms with Crippen molar-refractivity contribution in [3.63, 3.8) is 0 Å². The summed E-state index contributed by atoms with van der Waals surface area (Å²) < 4.78 is 9.85. The predicted molar refractivity (Wildman–Crippen MR) is 72.8 cm³/mol. The third-order valence-electron chi connectivity index (χ3n) is 3.26. The van der Waals surface area contributed by atoms with Gasteiger partial charge in [0.05, 0.1) is 20.3 Å². The van der Waals surface area contributed by atoms with Crippen molar-refractivity contribution in [3.8, 4) is 0 Å². The van der Waals surface area contributed by atoms with Gasteiger partial charge in [0, 0.05) is 19.0 Å². The molecule has 1 heterocycles. The molecule has 0 aromatic heterocycles. The lowest BCUT2D eigenvalue weighted by Gasteiger charge is -2.34. The van der Waals surface area contributed by atoms with E-state index < -0.39 is 18.0 Å². The van der Waals surface area contributed by atoms with Crippen LogP contribution in [0.4, 0.5) is 4.79 Å². The second kappa shape index (κ2) is 8.46. The maximum atomic E-state index is 12.2. The summed E-state index contributed by atoms with van der Waals surface area (Å²) in [6.45, 7) is 2.60. The molecule has 0 bridgehead atoms. The van der Waals surface area contributed by atoms with E-state index in [1.54, 1.807) is 6.92 Å². The predicted octanol–water partition coefficient (Wildman–Crippen LogP) is 0.213. The van der Waals surface area contributed by atoms with Gasteiger partial charge in [-0.05, 0) is 19.8 Å². The van der Waals surface area contributed by atoms with Crippen LogP contribution in [0.1, 0.15) is 26.2 Å². The van der Waals surface area contributed by atoms with Gasteiger partial charge >= 0.3 is 18.0 Å². The van der Waals surface area contributed by atoms with E-state index in [0.717, 1.165) is 0 Å². The molecule has 0 spiro atoms. The first kappa shape index (κ1) is 17.2. The molecule has 8 heteroatoms. The highest BCUT2D eigenvalue weighted by Crippen LogP contribution is 2.10. The Kier molecular flexibility index (Phi) is 6.93. The maximum absolute atomic E-state index is 12.2. The van der Waals surface area contributed by atoms with Crippen molar-refractivity contribution < 1.29 is 29.0 Å². The third-order valence-corrected chi connectivity index (χ3v) is 3.26. The third kappa shape index (κ3) is 5.58. The van der Waals surface area contributed by atoms with E-state index >= 15 is 0 Å². The van der Waals surface area contributed by atoms with E-state index in [0.29, 0.717) is 26.0 Å². The van der Waals surface area contributed by atoms with Crippen molar-refractivity contribution in [2.45, 2.75) is 38.3 Å². The number of methoxy groups -OCH3 is 1. The monoisotopic (exact) mass is 302 g/mol. The molecule has 0 aromatic carbocycles. The van der Waals surface area contributed by atoms with Crippen LogP contribution < -0.4 is 5.32 Å². The number of hydrogen-bond acceptors (Lipinski definition) is 5. The smallest absolute Gasteiger partial charge is 0.331 e. The summed E-state index contributed by atoms with van der Waals surface area (Å²) in [6, 6.07) is -1.27. The van der Waals surface area contributed by atoms with E-state index in [4.69, 9.17) is 9.84 Å². The fourth-order valence-corrected chi connectivity index (χ4v) is 2.10. The van der Waals surface area contributed by atoms with Crippen LogP contribution in [0.2, 0.25) is 0 Å². The zero-order chi connectivity index (χ0) is 15.8. The Hall–Kier alpha value is -1.83. The van der Waals surface area contributed by atoms with Crippen LogP contribution in [-0.4, -0.2) is 66.9 Å². The van der Waals surface area contributed by atoms with E-state index in [2.05, 4.69) is 10.1 Å². The van der Waals surface area contributed by atoms with Gasteiger partial charge in [-0.2, -0.15) is 0 Å². The van der Waals surface area contributed by atoms with Crippen molar-refractivity contribution >= 4 is 18.0 Å². The number of urea groups is 1. The molecule has 0 radical (unpaired) electrons. The molecule has 2 unspecified atom stereocenters. The lowest BCUT2D eigenvalue weighted by Crippen LogP contribution is -2.57. The number of nitrogens with one attached hydrogen (secondary N) is 1. The quantitative estimate of drug-likeness (QED) is 0.680. The number of morpholine rings is 1. The molecule has 1 aliphatic heterocycles. The van der Waals surface area contributed by atoms with Crippen molar-refractivity contribution in [1.82, 2.24) is 10.2 Å². The topological polar surface area (TPSA) is 105 Å². The summed E-state index contributed by atoms with van der Waals surface area (Å²) in [5.74, 6) is -1.36. The number of esters is 1. The van der Waals surface area contributed by atoms with Crippen molar-refractivity contribution in [1.29, 1.82) is 0 Å². The molecule has 0 aromatic rings. The molecule has 2 amide bonds. The van der Waals surface area contributed by atoms with E-state index in [1.165, 1.54) is 12.0 Å². The Bertz CT molecular complexity index is 387. The Morgan fingerprint density at radius 2 is 2.19 bits per heavy atom. The summed E-state index contributed by atoms with van der Waals surface area (Å²) >= 11 is 0. The zero-order valence-corrected chi connectivity index (χ0v) is 12.3. The average molecular weight is 302 g/mol. The van der Waals surface area contributed by atoms with Crippen LogP contribution in [0.5, 0.6) is 0 Å². The fraction of sp³-hybridized carbons (Fsp3) is 0.769. The largest absolute Gasteiger partial charge is 0.481 e. The summed E-state index contributed by atoms with van der Waals surface area (Å²) in [6.07, 6.45) is 1.12. The van der Waals surface area contributed by atoms with Gasteiger partial charge in [0.15, 0.2) is 6.04 Å². The number of hydrogen-bond donors (Lipinski definition) is 2. The Labute approximate surface area is 123 Å². The summed E-state index contributed by atoms with van der Waals surface area (Å²) in [5, 5.41) is 11.3. The van der Waals surface area contributed by atoms with Crippen LogP contribution >= 0.6 is 0 Å². The van der Waals surface area contributed by atoms with Crippen molar-refractivity contribution in [2.24, 2.45) is 0 Å². The van der Waals surface area contributed by atoms with Gasteiger partial charge in [-0.15, -0.1) is 0 Å². The standard InChI is InChI=1S/C13H22N2O6/c1-9(4-3-5-11(16)17)14-13(19)15-6-7-21-8-10(15)12(18)20-2/h9-10H,3-8H2,1-2H3,(H,14,19)(H,16,17). The van der Waals surface area contributed by atoms with Gasteiger partial charge in [-0.25, -0.2) is 9.59 Å². The van der Waals surface area contributed by atoms with Gasteiger partial charge in [0.25, 0.3) is 0 Å². The minimum absolute atomic E-state index is 0.0720. The maximum Gasteiger partial charge on any atom is 0.331 e. The highest BCUT2D eigenvalue weighted by atomic mass is 16.5. The molecule has 8 nitrogen and oxygen atoms in total. The Morgan fingerprint density at radius 3 is 2.81 bits per heavy atom. The van der Waals surface area contributed by atoms with Gasteiger partial charge < -0.3 is 24.8 Å². The van der Waals surface area contributed by atoms with Crippen LogP contribution in [0.25, 0.3) is 0 Å². The number of ether oxygens (including phenoxy) is 2. The Balaban J connectivity index is 2.47. The minimum atomic E-state index is -0.854. The molecule has 1 aliphatic rings. The number of carboxylic acids is 1. The molecular weight excluding hydrogens is 280 g/mol. The lowest BCUT2D eigenvalue weighted by atomic mass is 10.1. The second-order valence-corrected chi connectivity index (χ2v) is 4.94. The number of rotatable bonds is 6. The van der Waals surface area contributed by atoms with Crippen LogP contribution in [0.3, 0.4) is 0 Å². The normalized spacial score (nSPS) is 19.7. The van der Waals surface area contributed by atoms with E-state index in [9.17, 15) is 14.4 Å². The summed E-state index contributed by atoms with van der Waals surface area (Å²) in [7, 11) is 1.27. The molecular formula is C13H22N2O6. The SMILES string of the molecule is COC(=O)C1COCCN1C(=O)NC(C)CCCC(=O)O. The first-order valence-electron chi connectivity index (χ1n) is 6.90. The number of nitrogens with zero attached hydrogens (tertiary/aromatic N) is 1. The molecule has 1 rings (SSSR count). The summed E-state index contributed by atoms with van der Waals surface area (Å²) in [4.78, 5) is 35.6. The van der Waals surface area contributed by atoms with Crippen LogP contribution in [0, 0.1) is 0 Å². The number of carbonyl (C=O) groups is 3. The van der Waals surface area contributed by atoms with Crippen LogP contribution in [0.15, 0.2) is 0 Å². The van der Waals surface area contributed by atoms with E-state index in [-0.39, 0.29) is 25.1 Å². The fourth-order valence-electron chi connectivity index (χ4n) is 2.10. The number of carbonyl (C=O) groups excluding carboxylic acids is 2. The molecule has 2 N–H and O–H groups in total. The molecule has 21 heavy (non-hydrogen) atoms. The van der Waals surface area contributed by atoms with Gasteiger partial charge in [0.2, 0.25) is 0 Å². The average Bonchev–Trinajstić information content (AvgIpc) is 2.45. The van der Waals surface area contributed by atoms with Crippen molar-refractivity contribution in [2.75, 3.05) is 26.9 Å².